The third-order valence-corrected chi connectivity index (χ3v) is 13.4. The minimum Gasteiger partial charge on any atom is -0.475 e. The van der Waals surface area contributed by atoms with E-state index in [1.807, 2.05) is 121 Å². The SMILES string of the molecule is CC(C)(N)CO.CC1(C)COC(c2ccc(-c3nc(-c4ccc(C5=NC(C)(C)CO5)cc4)nc(-c4ccc(-c5ccccc5)cc4)n3)cc2)=N1.[C-]#[N+]c1ccc(-c2nc(-c3ccc(C#N)cc3)nc(-c3ccc(-c4ccccc4)cc3)n2)cc1. The topological polar surface area (TPSA) is 195 Å². The predicted molar refractivity (Wildman–Crippen MR) is 333 cm³/mol. The molecule has 0 fully saturated rings. The summed E-state index contributed by atoms with van der Waals surface area (Å²) in [6, 6.07) is 69.5. The van der Waals surface area contributed by atoms with E-state index >= 15 is 0 Å². The molecular weight excluding hydrogens is 1040 g/mol. The number of ether oxygens (including phenoxy) is 2. The lowest BCUT2D eigenvalue weighted by atomic mass is 10.0. The van der Waals surface area contributed by atoms with Crippen molar-refractivity contribution >= 4 is 17.5 Å². The van der Waals surface area contributed by atoms with Gasteiger partial charge in [0.05, 0.1) is 35.9 Å². The van der Waals surface area contributed by atoms with Gasteiger partial charge in [0.1, 0.15) is 13.2 Å². The molecule has 0 saturated carbocycles. The monoisotopic (exact) mass is 1100 g/mol. The van der Waals surface area contributed by atoms with Crippen LogP contribution in [-0.2, 0) is 9.47 Å². The number of aliphatic hydroxyl groups is 1. The molecule has 12 rings (SSSR count). The summed E-state index contributed by atoms with van der Waals surface area (Å²) < 4.78 is 11.7. The molecule has 14 heteroatoms. The van der Waals surface area contributed by atoms with Gasteiger partial charge in [-0.2, -0.15) is 5.26 Å². The van der Waals surface area contributed by atoms with E-state index in [-0.39, 0.29) is 17.7 Å². The van der Waals surface area contributed by atoms with Crippen LogP contribution in [-0.4, -0.2) is 83.2 Å². The highest BCUT2D eigenvalue weighted by Crippen LogP contribution is 2.32. The minimum atomic E-state index is -0.403. The van der Waals surface area contributed by atoms with Gasteiger partial charge in [-0.1, -0.05) is 158 Å². The van der Waals surface area contributed by atoms with Gasteiger partial charge in [-0.3, -0.25) is 0 Å². The van der Waals surface area contributed by atoms with Crippen LogP contribution in [0.5, 0.6) is 0 Å². The molecule has 0 spiro atoms. The number of nitriles is 1. The molecule has 0 unspecified atom stereocenters. The van der Waals surface area contributed by atoms with Crippen LogP contribution in [0.15, 0.2) is 216 Å². The number of hydrogen-bond acceptors (Lipinski definition) is 13. The summed E-state index contributed by atoms with van der Waals surface area (Å²) in [4.78, 5) is 41.8. The summed E-state index contributed by atoms with van der Waals surface area (Å²) >= 11 is 0. The Morgan fingerprint density at radius 3 is 0.940 bits per heavy atom. The highest BCUT2D eigenvalue weighted by Gasteiger charge is 2.28. The van der Waals surface area contributed by atoms with Gasteiger partial charge in [0.2, 0.25) is 11.8 Å². The normalized spacial score (nSPS) is 13.7. The Hall–Kier alpha value is -10.4. The van der Waals surface area contributed by atoms with Gasteiger partial charge >= 0.3 is 0 Å². The Kier molecular flexibility index (Phi) is 16.8. The van der Waals surface area contributed by atoms with Crippen LogP contribution in [0.2, 0.25) is 0 Å². The van der Waals surface area contributed by atoms with Gasteiger partial charge < -0.3 is 20.3 Å². The maximum atomic E-state index is 9.12. The number of rotatable bonds is 11. The highest BCUT2D eigenvalue weighted by molar-refractivity contribution is 5.96. The quantitative estimate of drug-likeness (QED) is 0.117. The average Bonchev–Trinajstić information content (AvgIpc) is 4.25. The summed E-state index contributed by atoms with van der Waals surface area (Å²) in [6.45, 7) is 20.2. The Balaban J connectivity index is 0.000000175. The molecule has 8 aromatic carbocycles. The van der Waals surface area contributed by atoms with Crippen molar-refractivity contribution < 1.29 is 14.6 Å². The number of nitrogens with zero attached hydrogens (tertiary/aromatic N) is 10. The second kappa shape index (κ2) is 24.8. The summed E-state index contributed by atoms with van der Waals surface area (Å²) in [5.74, 6) is 4.71. The zero-order valence-electron chi connectivity index (χ0n) is 47.6. The molecular formula is C70H61N11O3. The molecule has 14 nitrogen and oxygen atoms in total. The molecule has 0 aliphatic carbocycles. The van der Waals surface area contributed by atoms with Crippen molar-refractivity contribution in [1.29, 1.82) is 5.26 Å². The Morgan fingerprint density at radius 2 is 0.690 bits per heavy atom. The third-order valence-electron chi connectivity index (χ3n) is 13.4. The lowest BCUT2D eigenvalue weighted by Gasteiger charge is -2.12. The molecule has 84 heavy (non-hydrogen) atoms. The largest absolute Gasteiger partial charge is 0.475 e. The van der Waals surface area contributed by atoms with Gasteiger partial charge in [-0.15, -0.1) is 0 Å². The van der Waals surface area contributed by atoms with E-state index in [2.05, 4.69) is 99.3 Å². The maximum Gasteiger partial charge on any atom is 0.216 e. The Labute approximate surface area is 489 Å². The van der Waals surface area contributed by atoms with Gasteiger partial charge in [0, 0.05) is 50.0 Å². The summed E-state index contributed by atoms with van der Waals surface area (Å²) in [7, 11) is 0. The molecule has 2 aromatic heterocycles. The second-order valence-corrected chi connectivity index (χ2v) is 22.2. The van der Waals surface area contributed by atoms with Crippen LogP contribution in [0.3, 0.4) is 0 Å². The first-order chi connectivity index (χ1) is 40.5. The smallest absolute Gasteiger partial charge is 0.216 e. The van der Waals surface area contributed by atoms with Crippen molar-refractivity contribution in [2.45, 2.75) is 58.2 Å². The lowest BCUT2D eigenvalue weighted by molar-refractivity contribution is 0.221. The van der Waals surface area contributed by atoms with Crippen LogP contribution >= 0.6 is 0 Å². The fourth-order valence-corrected chi connectivity index (χ4v) is 8.78. The van der Waals surface area contributed by atoms with E-state index in [0.717, 1.165) is 66.8 Å². The number of benzene rings is 8. The van der Waals surface area contributed by atoms with E-state index in [9.17, 15) is 0 Å². The number of hydrogen-bond donors (Lipinski definition) is 2. The zero-order valence-corrected chi connectivity index (χ0v) is 47.6. The van der Waals surface area contributed by atoms with Crippen molar-refractivity contribution in [1.82, 2.24) is 29.9 Å². The van der Waals surface area contributed by atoms with Crippen LogP contribution < -0.4 is 5.73 Å². The van der Waals surface area contributed by atoms with Gasteiger partial charge in [-0.25, -0.2) is 44.7 Å². The molecule has 0 atom stereocenters. The Bertz CT molecular complexity index is 3880. The van der Waals surface area contributed by atoms with Gasteiger partial charge in [0.25, 0.3) is 0 Å². The molecule has 0 saturated heterocycles. The molecule has 0 radical (unpaired) electrons. The zero-order chi connectivity index (χ0) is 58.8. The van der Waals surface area contributed by atoms with Crippen LogP contribution in [0, 0.1) is 17.9 Å². The molecule has 414 valence electrons. The van der Waals surface area contributed by atoms with E-state index < -0.39 is 5.54 Å². The highest BCUT2D eigenvalue weighted by atomic mass is 16.5. The molecule has 2 aliphatic heterocycles. The molecule has 4 heterocycles. The van der Waals surface area contributed by atoms with Crippen molar-refractivity contribution in [2.24, 2.45) is 15.7 Å². The van der Waals surface area contributed by atoms with E-state index in [0.29, 0.717) is 71.2 Å². The predicted octanol–water partition coefficient (Wildman–Crippen LogP) is 14.3. The van der Waals surface area contributed by atoms with Crippen LogP contribution in [0.25, 0.3) is 95.4 Å². The first-order valence-corrected chi connectivity index (χ1v) is 27.4. The number of aliphatic imine (C=N–C) groups is 2. The Morgan fingerprint density at radius 1 is 0.440 bits per heavy atom. The first-order valence-electron chi connectivity index (χ1n) is 27.4. The number of nitrogens with two attached hydrogens (primary N) is 1. The average molecular weight is 1100 g/mol. The van der Waals surface area contributed by atoms with E-state index in [1.54, 1.807) is 38.1 Å². The molecule has 0 amide bonds. The van der Waals surface area contributed by atoms with Gasteiger partial charge in [0.15, 0.2) is 40.6 Å². The van der Waals surface area contributed by atoms with Crippen LogP contribution in [0.1, 0.15) is 58.2 Å². The fraction of sp³-hybridized carbons (Fsp3) is 0.171. The number of aromatic nitrogens is 6. The molecule has 0 bridgehead atoms. The summed E-state index contributed by atoms with van der Waals surface area (Å²) in [6.07, 6.45) is 0. The summed E-state index contributed by atoms with van der Waals surface area (Å²) in [5.41, 5.74) is 17.1. The summed E-state index contributed by atoms with van der Waals surface area (Å²) in [5, 5.41) is 17.4. The molecule has 3 N–H and O–H groups in total. The number of aliphatic hydroxyl groups excluding tert-OH is 1. The van der Waals surface area contributed by atoms with Crippen molar-refractivity contribution in [3.05, 3.63) is 234 Å². The standard InChI is InChI=1S/C37H33N5O2.C29H17N5.C4H11NO/c1-36(2)22-43-34(41-36)29-18-14-27(15-19-29)32-38-31(26-12-10-25(11-13-26)24-8-6-5-7-9-24)39-33(40-32)28-16-20-30(21-17-28)35-42-37(3,4)23-44-35;1-31-26-17-15-25(16-18-26)29-33-27(23-9-7-20(19-30)8-10-23)32-28(34-29)24-13-11-22(12-14-24)21-5-3-2-4-6-21;1-4(2,5)3-6/h5-21H,22-23H2,1-4H3;2-18H;6H,3,5H2,1-2H3. The van der Waals surface area contributed by atoms with Crippen molar-refractivity contribution in [3.8, 4) is 96.7 Å². The first kappa shape index (κ1) is 56.9. The minimum absolute atomic E-state index is 0.0486. The molecule has 2 aliphatic rings. The van der Waals surface area contributed by atoms with E-state index in [4.69, 9.17) is 72.0 Å². The van der Waals surface area contributed by atoms with Gasteiger partial charge in [-0.05, 0) is 112 Å². The van der Waals surface area contributed by atoms with E-state index in [1.165, 1.54) is 0 Å². The van der Waals surface area contributed by atoms with Crippen LogP contribution in [0.4, 0.5) is 5.69 Å². The third kappa shape index (κ3) is 14.2. The lowest BCUT2D eigenvalue weighted by Crippen LogP contribution is -2.35. The maximum absolute atomic E-state index is 9.12. The second-order valence-electron chi connectivity index (χ2n) is 22.2. The molecule has 10 aromatic rings. The van der Waals surface area contributed by atoms with Crippen molar-refractivity contribution in [2.75, 3.05) is 19.8 Å². The van der Waals surface area contributed by atoms with Crippen molar-refractivity contribution in [3.63, 3.8) is 0 Å². The fourth-order valence-electron chi connectivity index (χ4n) is 8.78.